The zero-order chi connectivity index (χ0) is 11.8. The van der Waals surface area contributed by atoms with E-state index in [1.807, 2.05) is 0 Å². The molecule has 8 nitrogen and oxygen atoms in total. The van der Waals surface area contributed by atoms with Gasteiger partial charge in [0.05, 0.1) is 6.54 Å². The highest BCUT2D eigenvalue weighted by molar-refractivity contribution is 5.83. The molecule has 0 aliphatic carbocycles. The lowest BCUT2D eigenvalue weighted by Crippen LogP contribution is -2.38. The molecule has 0 saturated carbocycles. The van der Waals surface area contributed by atoms with Crippen LogP contribution in [0, 0.1) is 10.1 Å². The maximum Gasteiger partial charge on any atom is 0.294 e. The second-order valence-corrected chi connectivity index (χ2v) is 2.78. The number of hydrogen-bond donors (Lipinski definition) is 1. The third-order valence-corrected chi connectivity index (χ3v) is 1.54. The van der Waals surface area contributed by atoms with Gasteiger partial charge in [-0.2, -0.15) is 0 Å². The van der Waals surface area contributed by atoms with Crippen LogP contribution in [0.15, 0.2) is 0 Å². The molecular weight excluding hydrogens is 206 g/mol. The van der Waals surface area contributed by atoms with Gasteiger partial charge in [0, 0.05) is 20.5 Å². The monoisotopic (exact) mass is 219 g/mol. The highest BCUT2D eigenvalue weighted by Crippen LogP contribution is 1.82. The van der Waals surface area contributed by atoms with Gasteiger partial charge in [-0.15, -0.1) is 10.1 Å². The van der Waals surface area contributed by atoms with Gasteiger partial charge < -0.3 is 15.1 Å². The summed E-state index contributed by atoms with van der Waals surface area (Å²) in [5, 5.41) is 11.2. The van der Waals surface area contributed by atoms with Crippen LogP contribution >= 0.6 is 0 Å². The Morgan fingerprint density at radius 2 is 2.13 bits per heavy atom. The van der Waals surface area contributed by atoms with Crippen molar-refractivity contribution in [3.63, 3.8) is 0 Å². The molecule has 0 aromatic heterocycles. The van der Waals surface area contributed by atoms with Gasteiger partial charge in [0.2, 0.25) is 11.8 Å². The van der Waals surface area contributed by atoms with E-state index in [-0.39, 0.29) is 31.5 Å². The molecule has 0 saturated heterocycles. The molecule has 1 N–H and O–H groups in total. The summed E-state index contributed by atoms with van der Waals surface area (Å²) >= 11 is 0. The zero-order valence-corrected chi connectivity index (χ0v) is 8.56. The first kappa shape index (κ1) is 13.1. The zero-order valence-electron chi connectivity index (χ0n) is 8.56. The third kappa shape index (κ3) is 7.23. The molecule has 8 heteroatoms. The normalized spacial score (nSPS) is 9.20. The van der Waals surface area contributed by atoms with E-state index in [2.05, 4.69) is 10.2 Å². The van der Waals surface area contributed by atoms with Crippen LogP contribution < -0.4 is 5.32 Å². The molecule has 0 aliphatic heterocycles. The smallest absolute Gasteiger partial charge is 0.294 e. The Hall–Kier alpha value is -1.86. The lowest BCUT2D eigenvalue weighted by atomic mass is 10.5. The first-order chi connectivity index (χ1) is 6.93. The molecule has 0 spiro atoms. The van der Waals surface area contributed by atoms with Crippen LogP contribution in [0.4, 0.5) is 0 Å². The van der Waals surface area contributed by atoms with Crippen LogP contribution in [0.3, 0.4) is 0 Å². The molecule has 0 bridgehead atoms. The number of carbonyl (C=O) groups is 2. The van der Waals surface area contributed by atoms with E-state index in [4.69, 9.17) is 0 Å². The van der Waals surface area contributed by atoms with E-state index in [0.717, 1.165) is 0 Å². The Morgan fingerprint density at radius 3 is 2.60 bits per heavy atom. The van der Waals surface area contributed by atoms with E-state index >= 15 is 0 Å². The van der Waals surface area contributed by atoms with Crippen LogP contribution in [0.5, 0.6) is 0 Å². The Kier molecular flexibility index (Phi) is 5.76. The fourth-order valence-electron chi connectivity index (χ4n) is 0.693. The van der Waals surface area contributed by atoms with Crippen molar-refractivity contribution in [2.75, 3.05) is 26.7 Å². The minimum absolute atomic E-state index is 0.0333. The molecule has 2 amide bonds. The van der Waals surface area contributed by atoms with Crippen LogP contribution in [-0.2, 0) is 14.4 Å². The first-order valence-corrected chi connectivity index (χ1v) is 4.19. The lowest BCUT2D eigenvalue weighted by Gasteiger charge is -2.13. The standard InChI is InChI=1S/C7H13N3O5/c1-6(11)9(2)5-7(12)8-3-4-15-10(13)14/h3-5H2,1-2H3,(H,8,12). The van der Waals surface area contributed by atoms with Crippen LogP contribution in [0.25, 0.3) is 0 Å². The number of nitrogens with one attached hydrogen (secondary N) is 1. The Bertz CT molecular complexity index is 255. The van der Waals surface area contributed by atoms with Gasteiger partial charge in [-0.1, -0.05) is 0 Å². The summed E-state index contributed by atoms with van der Waals surface area (Å²) in [5.74, 6) is -0.619. The molecule has 15 heavy (non-hydrogen) atoms. The largest absolute Gasteiger partial charge is 0.353 e. The molecule has 0 rings (SSSR count). The van der Waals surface area contributed by atoms with Gasteiger partial charge >= 0.3 is 0 Å². The van der Waals surface area contributed by atoms with Crippen molar-refractivity contribution >= 4 is 11.8 Å². The fourth-order valence-corrected chi connectivity index (χ4v) is 0.693. The summed E-state index contributed by atoms with van der Waals surface area (Å²) in [5.41, 5.74) is 0. The second-order valence-electron chi connectivity index (χ2n) is 2.78. The quantitative estimate of drug-likeness (QED) is 0.343. The molecule has 0 aromatic rings. The molecular formula is C7H13N3O5. The van der Waals surface area contributed by atoms with Gasteiger partial charge in [-0.3, -0.25) is 9.59 Å². The van der Waals surface area contributed by atoms with Gasteiger partial charge in [0.15, 0.2) is 0 Å². The Labute approximate surface area is 86.3 Å². The van der Waals surface area contributed by atoms with Crippen molar-refractivity contribution in [2.45, 2.75) is 6.92 Å². The average molecular weight is 219 g/mol. The highest BCUT2D eigenvalue weighted by atomic mass is 16.9. The summed E-state index contributed by atoms with van der Waals surface area (Å²) in [6.45, 7) is 1.09. The Balaban J connectivity index is 3.58. The van der Waals surface area contributed by atoms with E-state index in [1.165, 1.54) is 18.9 Å². The number of carbonyl (C=O) groups excluding carboxylic acids is 2. The van der Waals surface area contributed by atoms with E-state index in [9.17, 15) is 19.7 Å². The second kappa shape index (κ2) is 6.57. The highest BCUT2D eigenvalue weighted by Gasteiger charge is 2.07. The molecule has 0 aromatic carbocycles. The summed E-state index contributed by atoms with van der Waals surface area (Å²) < 4.78 is 0. The predicted molar refractivity (Wildman–Crippen MR) is 49.3 cm³/mol. The molecule has 86 valence electrons. The van der Waals surface area contributed by atoms with Crippen LogP contribution in [0.1, 0.15) is 6.92 Å². The molecule has 0 radical (unpaired) electrons. The molecule has 0 unspecified atom stereocenters. The molecule has 0 heterocycles. The van der Waals surface area contributed by atoms with E-state index in [0.29, 0.717) is 0 Å². The Morgan fingerprint density at radius 1 is 1.53 bits per heavy atom. The van der Waals surface area contributed by atoms with E-state index in [1.54, 1.807) is 0 Å². The van der Waals surface area contributed by atoms with Gasteiger partial charge in [0.1, 0.15) is 6.61 Å². The maximum atomic E-state index is 11.1. The minimum atomic E-state index is -0.937. The van der Waals surface area contributed by atoms with E-state index < -0.39 is 5.09 Å². The number of nitrogens with zero attached hydrogens (tertiary/aromatic N) is 2. The summed E-state index contributed by atoms with van der Waals surface area (Å²) in [6.07, 6.45) is 0. The number of amides is 2. The van der Waals surface area contributed by atoms with Crippen LogP contribution in [0.2, 0.25) is 0 Å². The van der Waals surface area contributed by atoms with Gasteiger partial charge in [0.25, 0.3) is 5.09 Å². The summed E-state index contributed by atoms with van der Waals surface area (Å²) in [4.78, 5) is 36.7. The van der Waals surface area contributed by atoms with Gasteiger partial charge in [-0.05, 0) is 0 Å². The van der Waals surface area contributed by atoms with Crippen molar-refractivity contribution in [1.29, 1.82) is 0 Å². The molecule has 0 atom stereocenters. The topological polar surface area (TPSA) is 102 Å². The number of likely N-dealkylation sites (N-methyl/N-ethyl adjacent to an activating group) is 1. The number of rotatable bonds is 6. The summed E-state index contributed by atoms with van der Waals surface area (Å²) in [7, 11) is 1.48. The van der Waals surface area contributed by atoms with Crippen LogP contribution in [-0.4, -0.2) is 48.5 Å². The van der Waals surface area contributed by atoms with Crippen molar-refractivity contribution in [2.24, 2.45) is 0 Å². The molecule has 0 aliphatic rings. The van der Waals surface area contributed by atoms with Crippen molar-refractivity contribution < 1.29 is 19.5 Å². The minimum Gasteiger partial charge on any atom is -0.353 e. The SMILES string of the molecule is CC(=O)N(C)CC(=O)NCCO[N+](=O)[O-]. The maximum absolute atomic E-state index is 11.1. The van der Waals surface area contributed by atoms with Crippen molar-refractivity contribution in [3.8, 4) is 0 Å². The van der Waals surface area contributed by atoms with Crippen molar-refractivity contribution in [1.82, 2.24) is 10.2 Å². The molecule has 0 fully saturated rings. The number of hydrogen-bond acceptors (Lipinski definition) is 5. The average Bonchev–Trinajstić information content (AvgIpc) is 2.12. The lowest BCUT2D eigenvalue weighted by molar-refractivity contribution is -0.757. The summed E-state index contributed by atoms with van der Waals surface area (Å²) in [6, 6.07) is 0. The fraction of sp³-hybridized carbons (Fsp3) is 0.714. The third-order valence-electron chi connectivity index (χ3n) is 1.54. The first-order valence-electron chi connectivity index (χ1n) is 4.19. The van der Waals surface area contributed by atoms with Crippen molar-refractivity contribution in [3.05, 3.63) is 10.1 Å². The van der Waals surface area contributed by atoms with Gasteiger partial charge in [-0.25, -0.2) is 0 Å². The predicted octanol–water partition coefficient (Wildman–Crippen LogP) is -1.21.